The third kappa shape index (κ3) is 3.77. The van der Waals surface area contributed by atoms with Crippen molar-refractivity contribution < 1.29 is 4.79 Å². The van der Waals surface area contributed by atoms with Gasteiger partial charge in [-0.25, -0.2) is 9.97 Å². The highest BCUT2D eigenvalue weighted by molar-refractivity contribution is 6.05. The van der Waals surface area contributed by atoms with E-state index in [1.165, 1.54) is 6.07 Å². The number of H-pyrrole nitrogens is 1. The van der Waals surface area contributed by atoms with Gasteiger partial charge in [0.25, 0.3) is 11.5 Å². The first kappa shape index (κ1) is 19.3. The lowest BCUT2D eigenvalue weighted by molar-refractivity contribution is 0.102. The van der Waals surface area contributed by atoms with Gasteiger partial charge in [0.2, 0.25) is 0 Å². The van der Waals surface area contributed by atoms with Crippen LogP contribution in [-0.4, -0.2) is 25.4 Å². The van der Waals surface area contributed by atoms with Gasteiger partial charge in [-0.3, -0.25) is 9.59 Å². The van der Waals surface area contributed by atoms with E-state index in [0.29, 0.717) is 28.3 Å². The summed E-state index contributed by atoms with van der Waals surface area (Å²) in [5.41, 5.74) is 4.05. The van der Waals surface area contributed by atoms with Crippen molar-refractivity contribution in [1.82, 2.24) is 19.5 Å². The average Bonchev–Trinajstić information content (AvgIpc) is 3.02. The van der Waals surface area contributed by atoms with E-state index < -0.39 is 0 Å². The number of pyridine rings is 1. The number of hydrogen-bond donors (Lipinski definition) is 2. The van der Waals surface area contributed by atoms with Crippen LogP contribution in [0, 0.1) is 20.8 Å². The normalized spacial score (nSPS) is 10.8. The van der Waals surface area contributed by atoms with E-state index in [-0.39, 0.29) is 11.5 Å². The Kier molecular flexibility index (Phi) is 5.02. The van der Waals surface area contributed by atoms with Crippen LogP contribution in [0.1, 0.15) is 27.4 Å². The Balaban J connectivity index is 1.63. The molecule has 150 valence electrons. The predicted octanol–water partition coefficient (Wildman–Crippen LogP) is 3.80. The molecule has 0 atom stereocenters. The molecule has 0 fully saturated rings. The predicted molar refractivity (Wildman–Crippen MR) is 116 cm³/mol. The van der Waals surface area contributed by atoms with Crippen molar-refractivity contribution in [3.05, 3.63) is 93.8 Å². The molecule has 4 rings (SSSR count). The molecular weight excluding hydrogens is 378 g/mol. The molecule has 0 spiro atoms. The van der Waals surface area contributed by atoms with E-state index in [1.807, 2.05) is 54.8 Å². The van der Waals surface area contributed by atoms with Crippen LogP contribution in [0.3, 0.4) is 0 Å². The number of nitrogens with one attached hydrogen (secondary N) is 2. The molecular formula is C23H21N5O2. The van der Waals surface area contributed by atoms with Crippen LogP contribution >= 0.6 is 0 Å². The number of carbonyl (C=O) groups is 1. The Labute approximate surface area is 173 Å². The summed E-state index contributed by atoms with van der Waals surface area (Å²) in [4.78, 5) is 36.2. The number of aromatic amines is 1. The average molecular weight is 399 g/mol. The largest absolute Gasteiger partial charge is 0.322 e. The van der Waals surface area contributed by atoms with Crippen molar-refractivity contribution >= 4 is 11.6 Å². The number of benzene rings is 1. The van der Waals surface area contributed by atoms with Crippen molar-refractivity contribution in [2.24, 2.45) is 0 Å². The van der Waals surface area contributed by atoms with Gasteiger partial charge in [0.15, 0.2) is 0 Å². The summed E-state index contributed by atoms with van der Waals surface area (Å²) in [5, 5.41) is 2.94. The number of carbonyl (C=O) groups excluding carboxylic acids is 1. The summed E-state index contributed by atoms with van der Waals surface area (Å²) in [7, 11) is 0. The summed E-state index contributed by atoms with van der Waals surface area (Å²) < 4.78 is 1.95. The highest BCUT2D eigenvalue weighted by atomic mass is 16.1. The van der Waals surface area contributed by atoms with Crippen molar-refractivity contribution in [3.8, 4) is 17.2 Å². The number of aromatic nitrogens is 4. The zero-order chi connectivity index (χ0) is 21.3. The number of rotatable bonds is 4. The molecule has 0 radical (unpaired) electrons. The standard InChI is InChI=1S/C23H21N5O2/c1-14-11-21(29)27-22(25-14)17-7-6-8-18(13-17)26-23(30)19-12-15(2)28(16(19)3)20-9-4-5-10-24-20/h4-13H,1-3H3,(H,26,30)(H,25,27,29). The fourth-order valence-corrected chi connectivity index (χ4v) is 3.49. The minimum absolute atomic E-state index is 0.214. The topological polar surface area (TPSA) is 92.7 Å². The Bertz CT molecular complexity index is 1290. The third-order valence-corrected chi connectivity index (χ3v) is 4.82. The van der Waals surface area contributed by atoms with E-state index in [2.05, 4.69) is 20.3 Å². The third-order valence-electron chi connectivity index (χ3n) is 4.82. The van der Waals surface area contributed by atoms with Crippen molar-refractivity contribution in [1.29, 1.82) is 0 Å². The second kappa shape index (κ2) is 7.79. The Morgan fingerprint density at radius 2 is 1.87 bits per heavy atom. The van der Waals surface area contributed by atoms with Crippen LogP contribution in [0.15, 0.2) is 65.6 Å². The fraction of sp³-hybridized carbons (Fsp3) is 0.130. The molecule has 0 aliphatic rings. The minimum atomic E-state index is -0.215. The molecule has 7 heteroatoms. The molecule has 0 aliphatic heterocycles. The SMILES string of the molecule is Cc1cc(=O)[nH]c(-c2cccc(NC(=O)c3cc(C)n(-c4ccccn4)c3C)c2)n1. The molecule has 7 nitrogen and oxygen atoms in total. The Hall–Kier alpha value is -4.00. The summed E-state index contributed by atoms with van der Waals surface area (Å²) in [6.45, 7) is 5.61. The zero-order valence-electron chi connectivity index (χ0n) is 16.9. The van der Waals surface area contributed by atoms with Crippen LogP contribution < -0.4 is 10.9 Å². The highest BCUT2D eigenvalue weighted by Gasteiger charge is 2.17. The number of amides is 1. The molecule has 1 amide bonds. The van der Waals surface area contributed by atoms with Gasteiger partial charge in [0.05, 0.1) is 5.56 Å². The van der Waals surface area contributed by atoms with Gasteiger partial charge < -0.3 is 14.9 Å². The van der Waals surface area contributed by atoms with Crippen molar-refractivity contribution in [2.75, 3.05) is 5.32 Å². The molecule has 4 aromatic rings. The molecule has 0 saturated heterocycles. The van der Waals surface area contributed by atoms with E-state index in [1.54, 1.807) is 25.3 Å². The second-order valence-corrected chi connectivity index (χ2v) is 7.08. The second-order valence-electron chi connectivity index (χ2n) is 7.08. The molecule has 2 N–H and O–H groups in total. The van der Waals surface area contributed by atoms with Crippen molar-refractivity contribution in [3.63, 3.8) is 0 Å². The Morgan fingerprint density at radius 1 is 1.03 bits per heavy atom. The lowest BCUT2D eigenvalue weighted by atomic mass is 10.1. The first-order valence-corrected chi connectivity index (χ1v) is 9.52. The molecule has 0 saturated carbocycles. The number of hydrogen-bond acceptors (Lipinski definition) is 4. The molecule has 0 aliphatic carbocycles. The summed E-state index contributed by atoms with van der Waals surface area (Å²) in [6.07, 6.45) is 1.73. The van der Waals surface area contributed by atoms with Gasteiger partial charge in [-0.1, -0.05) is 18.2 Å². The zero-order valence-corrected chi connectivity index (χ0v) is 16.9. The van der Waals surface area contributed by atoms with Gasteiger partial charge in [-0.2, -0.15) is 0 Å². The quantitative estimate of drug-likeness (QED) is 0.546. The van der Waals surface area contributed by atoms with E-state index in [9.17, 15) is 9.59 Å². The van der Waals surface area contributed by atoms with Crippen LogP contribution in [0.5, 0.6) is 0 Å². The van der Waals surface area contributed by atoms with Gasteiger partial charge in [-0.15, -0.1) is 0 Å². The first-order chi connectivity index (χ1) is 14.4. The van der Waals surface area contributed by atoms with Crippen LogP contribution in [0.25, 0.3) is 17.2 Å². The van der Waals surface area contributed by atoms with Gasteiger partial charge in [0.1, 0.15) is 11.6 Å². The maximum atomic E-state index is 13.0. The smallest absolute Gasteiger partial charge is 0.257 e. The van der Waals surface area contributed by atoms with Gasteiger partial charge >= 0.3 is 0 Å². The highest BCUT2D eigenvalue weighted by Crippen LogP contribution is 2.23. The fourth-order valence-electron chi connectivity index (χ4n) is 3.49. The Morgan fingerprint density at radius 3 is 2.60 bits per heavy atom. The van der Waals surface area contributed by atoms with Gasteiger partial charge in [-0.05, 0) is 51.1 Å². The molecule has 0 bridgehead atoms. The van der Waals surface area contributed by atoms with Gasteiger partial charge in [0, 0.05) is 40.6 Å². The molecule has 1 aromatic carbocycles. The van der Waals surface area contributed by atoms with Crippen molar-refractivity contribution in [2.45, 2.75) is 20.8 Å². The van der Waals surface area contributed by atoms with Crippen LogP contribution in [0.2, 0.25) is 0 Å². The van der Waals surface area contributed by atoms with Crippen LogP contribution in [0.4, 0.5) is 5.69 Å². The number of anilines is 1. The maximum absolute atomic E-state index is 13.0. The molecule has 30 heavy (non-hydrogen) atoms. The molecule has 3 aromatic heterocycles. The summed E-state index contributed by atoms with van der Waals surface area (Å²) >= 11 is 0. The summed E-state index contributed by atoms with van der Waals surface area (Å²) in [5.74, 6) is 1.01. The maximum Gasteiger partial charge on any atom is 0.257 e. The number of aryl methyl sites for hydroxylation is 2. The summed E-state index contributed by atoms with van der Waals surface area (Å²) in [6, 6.07) is 16.2. The lowest BCUT2D eigenvalue weighted by Crippen LogP contribution is -2.13. The van der Waals surface area contributed by atoms with E-state index in [0.717, 1.165) is 17.2 Å². The minimum Gasteiger partial charge on any atom is -0.322 e. The van der Waals surface area contributed by atoms with Crippen LogP contribution in [-0.2, 0) is 0 Å². The van der Waals surface area contributed by atoms with E-state index in [4.69, 9.17) is 0 Å². The molecule has 3 heterocycles. The first-order valence-electron chi connectivity index (χ1n) is 9.52. The lowest BCUT2D eigenvalue weighted by Gasteiger charge is -2.10. The van der Waals surface area contributed by atoms with E-state index >= 15 is 0 Å². The molecule has 0 unspecified atom stereocenters. The number of nitrogens with zero attached hydrogens (tertiary/aromatic N) is 3. The monoisotopic (exact) mass is 399 g/mol.